The minimum Gasteiger partial charge on any atom is -0.505 e. The van der Waals surface area contributed by atoms with E-state index in [1.165, 1.54) is 0 Å². The fourth-order valence-corrected chi connectivity index (χ4v) is 5.38. The minimum atomic E-state index is -0.738. The van der Waals surface area contributed by atoms with Crippen LogP contribution in [0.3, 0.4) is 0 Å². The largest absolute Gasteiger partial charge is 0.505 e. The van der Waals surface area contributed by atoms with Crippen LogP contribution in [0.4, 0.5) is 0 Å². The molecule has 1 amide bonds. The predicted octanol–water partition coefficient (Wildman–Crippen LogP) is 3.97. The highest BCUT2D eigenvalue weighted by molar-refractivity contribution is 6.46. The number of nitrogens with zero attached hydrogens (tertiary/aromatic N) is 4. The number of likely N-dealkylation sites (tertiary alicyclic amines) is 1. The molecule has 9 nitrogen and oxygen atoms in total. The van der Waals surface area contributed by atoms with Gasteiger partial charge in [0.2, 0.25) is 0 Å². The number of benzene rings is 1. The topological polar surface area (TPSA) is 96.6 Å². The second kappa shape index (κ2) is 12.0. The maximum absolute atomic E-state index is 13.5. The molecule has 4 heterocycles. The molecule has 0 radical (unpaired) electrons. The summed E-state index contributed by atoms with van der Waals surface area (Å²) in [7, 11) is 0. The van der Waals surface area contributed by atoms with Crippen LogP contribution in [-0.2, 0) is 14.3 Å². The summed E-state index contributed by atoms with van der Waals surface area (Å²) in [6.07, 6.45) is 4.43. The summed E-state index contributed by atoms with van der Waals surface area (Å²) in [6, 6.07) is 12.3. The van der Waals surface area contributed by atoms with Crippen molar-refractivity contribution < 1.29 is 24.2 Å². The minimum absolute atomic E-state index is 0.0748. The standard InChI is InChI=1S/C30H36N4O5/c1-3-4-17-39-23-10-7-9-22(20-23)27-25(28(35)26-21(2)31-24-11-5-6-13-33(24)26)29(36)30(37)34(27)14-8-12-32-15-18-38-19-16-32/h5-7,9-11,13,20,27,35H,3-4,8,12,14-19H2,1-2H3/b28-25+. The first-order valence-electron chi connectivity index (χ1n) is 13.7. The van der Waals surface area contributed by atoms with Crippen molar-refractivity contribution in [2.24, 2.45) is 0 Å². The van der Waals surface area contributed by atoms with Crippen LogP contribution in [0.15, 0.2) is 54.2 Å². The molecule has 2 aromatic heterocycles. The van der Waals surface area contributed by atoms with Gasteiger partial charge in [-0.1, -0.05) is 31.5 Å². The van der Waals surface area contributed by atoms with Gasteiger partial charge in [-0.05, 0) is 49.6 Å². The SMILES string of the molecule is CCCCOc1cccc(C2/C(=C(\O)c3c(C)nc4ccccn34)C(=O)C(=O)N2CCCN2CCOCC2)c1. The van der Waals surface area contributed by atoms with E-state index in [1.807, 2.05) is 42.5 Å². The van der Waals surface area contributed by atoms with Gasteiger partial charge in [-0.25, -0.2) is 4.98 Å². The number of ketones is 1. The van der Waals surface area contributed by atoms with E-state index in [4.69, 9.17) is 9.47 Å². The fraction of sp³-hybridized carbons (Fsp3) is 0.433. The van der Waals surface area contributed by atoms with E-state index in [0.29, 0.717) is 55.6 Å². The lowest BCUT2D eigenvalue weighted by Crippen LogP contribution is -2.38. The number of aliphatic hydroxyl groups excluding tert-OH is 1. The number of rotatable bonds is 10. The molecule has 2 fully saturated rings. The van der Waals surface area contributed by atoms with Crippen molar-refractivity contribution in [3.8, 4) is 5.75 Å². The highest BCUT2D eigenvalue weighted by atomic mass is 16.5. The average Bonchev–Trinajstić information content (AvgIpc) is 3.42. The van der Waals surface area contributed by atoms with Gasteiger partial charge in [0.15, 0.2) is 5.76 Å². The first-order chi connectivity index (χ1) is 19.0. The van der Waals surface area contributed by atoms with Gasteiger partial charge in [-0.15, -0.1) is 0 Å². The van der Waals surface area contributed by atoms with Crippen molar-refractivity contribution in [2.75, 3.05) is 46.0 Å². The van der Waals surface area contributed by atoms with E-state index >= 15 is 0 Å². The third kappa shape index (κ3) is 5.55. The summed E-state index contributed by atoms with van der Waals surface area (Å²) in [6.45, 7) is 8.77. The van der Waals surface area contributed by atoms with Crippen LogP contribution in [0.25, 0.3) is 11.4 Å². The van der Waals surface area contributed by atoms with Gasteiger partial charge in [-0.2, -0.15) is 0 Å². The normalized spacial score (nSPS) is 19.7. The second-order valence-electron chi connectivity index (χ2n) is 10.0. The number of carbonyl (C=O) groups is 2. The molecule has 0 aliphatic carbocycles. The molecule has 1 aromatic carbocycles. The Labute approximate surface area is 228 Å². The number of fused-ring (bicyclic) bond motifs is 1. The Morgan fingerprint density at radius 1 is 1.10 bits per heavy atom. The number of carbonyl (C=O) groups excluding carboxylic acids is 2. The molecule has 9 heteroatoms. The highest BCUT2D eigenvalue weighted by Gasteiger charge is 2.46. The zero-order chi connectivity index (χ0) is 27.4. The van der Waals surface area contributed by atoms with Crippen LogP contribution in [0.1, 0.15) is 49.2 Å². The van der Waals surface area contributed by atoms with Gasteiger partial charge in [0.05, 0.1) is 37.1 Å². The molecule has 1 unspecified atom stereocenters. The number of amides is 1. The molecule has 2 aliphatic rings. The molecule has 2 saturated heterocycles. The van der Waals surface area contributed by atoms with Crippen molar-refractivity contribution in [1.82, 2.24) is 19.2 Å². The zero-order valence-electron chi connectivity index (χ0n) is 22.6. The van der Waals surface area contributed by atoms with Crippen LogP contribution in [-0.4, -0.2) is 82.0 Å². The fourth-order valence-electron chi connectivity index (χ4n) is 5.38. The van der Waals surface area contributed by atoms with Gasteiger partial charge in [0.1, 0.15) is 17.1 Å². The molecule has 0 spiro atoms. The van der Waals surface area contributed by atoms with Gasteiger partial charge < -0.3 is 19.5 Å². The van der Waals surface area contributed by atoms with E-state index in [2.05, 4.69) is 16.8 Å². The molecule has 2 aliphatic heterocycles. The number of Topliss-reactive ketones (excluding diaryl/α,β-unsaturated/α-hetero) is 1. The van der Waals surface area contributed by atoms with Crippen LogP contribution in [0.2, 0.25) is 0 Å². The first kappa shape index (κ1) is 26.9. The maximum atomic E-state index is 13.5. The Bertz CT molecular complexity index is 1370. The van der Waals surface area contributed by atoms with Gasteiger partial charge in [0.25, 0.3) is 11.7 Å². The Kier molecular flexibility index (Phi) is 8.28. The monoisotopic (exact) mass is 532 g/mol. The van der Waals surface area contributed by atoms with Crippen LogP contribution in [0.5, 0.6) is 5.75 Å². The number of aromatic nitrogens is 2. The summed E-state index contributed by atoms with van der Waals surface area (Å²) < 4.78 is 13.1. The molecule has 1 N–H and O–H groups in total. The first-order valence-corrected chi connectivity index (χ1v) is 13.7. The van der Waals surface area contributed by atoms with Gasteiger partial charge >= 0.3 is 0 Å². The number of aryl methyl sites for hydroxylation is 1. The van der Waals surface area contributed by atoms with E-state index in [0.717, 1.165) is 38.0 Å². The molecular formula is C30H36N4O5. The summed E-state index contributed by atoms with van der Waals surface area (Å²) in [4.78, 5) is 35.4. The molecule has 39 heavy (non-hydrogen) atoms. The number of ether oxygens (including phenoxy) is 2. The number of hydrogen-bond donors (Lipinski definition) is 1. The van der Waals surface area contributed by atoms with E-state index in [1.54, 1.807) is 22.4 Å². The lowest BCUT2D eigenvalue weighted by molar-refractivity contribution is -0.140. The van der Waals surface area contributed by atoms with Crippen molar-refractivity contribution in [1.29, 1.82) is 0 Å². The van der Waals surface area contributed by atoms with E-state index < -0.39 is 17.7 Å². The molecule has 5 rings (SSSR count). The van der Waals surface area contributed by atoms with Crippen molar-refractivity contribution in [3.63, 3.8) is 0 Å². The number of morpholine rings is 1. The molecule has 206 valence electrons. The zero-order valence-corrected chi connectivity index (χ0v) is 22.6. The molecule has 0 saturated carbocycles. The molecule has 1 atom stereocenters. The summed E-state index contributed by atoms with van der Waals surface area (Å²) in [5, 5.41) is 11.7. The number of imidazole rings is 1. The smallest absolute Gasteiger partial charge is 0.295 e. The lowest BCUT2D eigenvalue weighted by Gasteiger charge is -2.29. The quantitative estimate of drug-likeness (QED) is 0.183. The third-order valence-corrected chi connectivity index (χ3v) is 7.39. The number of pyridine rings is 1. The van der Waals surface area contributed by atoms with Crippen LogP contribution >= 0.6 is 0 Å². The number of hydrogen-bond acceptors (Lipinski definition) is 7. The third-order valence-electron chi connectivity index (χ3n) is 7.39. The Morgan fingerprint density at radius 3 is 2.72 bits per heavy atom. The predicted molar refractivity (Wildman–Crippen MR) is 148 cm³/mol. The summed E-state index contributed by atoms with van der Waals surface area (Å²) in [5.41, 5.74) is 2.44. The van der Waals surface area contributed by atoms with Crippen molar-refractivity contribution in [2.45, 2.75) is 39.2 Å². The van der Waals surface area contributed by atoms with Gasteiger partial charge in [0, 0.05) is 32.4 Å². The Hall–Kier alpha value is -3.69. The van der Waals surface area contributed by atoms with Crippen LogP contribution in [0, 0.1) is 6.92 Å². The molecular weight excluding hydrogens is 496 g/mol. The van der Waals surface area contributed by atoms with E-state index in [-0.39, 0.29) is 11.3 Å². The van der Waals surface area contributed by atoms with Gasteiger partial charge in [-0.3, -0.25) is 18.9 Å². The highest BCUT2D eigenvalue weighted by Crippen LogP contribution is 2.41. The van der Waals surface area contributed by atoms with Crippen molar-refractivity contribution in [3.05, 3.63) is 71.2 Å². The number of unbranched alkanes of at least 4 members (excludes halogenated alkanes) is 1. The molecule has 0 bridgehead atoms. The second-order valence-corrected chi connectivity index (χ2v) is 10.0. The number of aliphatic hydroxyl groups is 1. The average molecular weight is 533 g/mol. The van der Waals surface area contributed by atoms with Crippen LogP contribution < -0.4 is 4.74 Å². The summed E-state index contributed by atoms with van der Waals surface area (Å²) in [5.74, 6) is -0.841. The Morgan fingerprint density at radius 2 is 1.92 bits per heavy atom. The van der Waals surface area contributed by atoms with Crippen molar-refractivity contribution >= 4 is 23.1 Å². The van der Waals surface area contributed by atoms with E-state index in [9.17, 15) is 14.7 Å². The Balaban J connectivity index is 1.53. The maximum Gasteiger partial charge on any atom is 0.295 e. The molecule has 3 aromatic rings. The summed E-state index contributed by atoms with van der Waals surface area (Å²) >= 11 is 0. The lowest BCUT2D eigenvalue weighted by atomic mass is 9.96.